The van der Waals surface area contributed by atoms with Crippen molar-refractivity contribution in [1.82, 2.24) is 0 Å². The van der Waals surface area contributed by atoms with Gasteiger partial charge in [-0.1, -0.05) is 48.5 Å². The number of hydrogen-bond acceptors (Lipinski definition) is 3. The summed E-state index contributed by atoms with van der Waals surface area (Å²) in [5.74, 6) is -0.227. The van der Waals surface area contributed by atoms with E-state index in [1.807, 2.05) is 45.0 Å². The average molecular weight is 324 g/mol. The summed E-state index contributed by atoms with van der Waals surface area (Å²) in [5, 5.41) is 0. The van der Waals surface area contributed by atoms with E-state index < -0.39 is 6.10 Å². The van der Waals surface area contributed by atoms with Crippen LogP contribution in [0.2, 0.25) is 0 Å². The zero-order chi connectivity index (χ0) is 17.3. The molecule has 0 saturated carbocycles. The number of carbonyl (C=O) groups excluding carboxylic acids is 1. The van der Waals surface area contributed by atoms with Crippen LogP contribution in [0.1, 0.15) is 44.7 Å². The van der Waals surface area contributed by atoms with Gasteiger partial charge in [0.25, 0.3) is 0 Å². The second kappa shape index (κ2) is 6.40. The molecule has 0 aliphatic heterocycles. The number of rotatable bonds is 4. The second-order valence-corrected chi connectivity index (χ2v) is 7.23. The molecule has 3 heteroatoms. The quantitative estimate of drug-likeness (QED) is 0.774. The van der Waals surface area contributed by atoms with E-state index in [1.165, 1.54) is 22.3 Å². The van der Waals surface area contributed by atoms with Gasteiger partial charge >= 0.3 is 5.97 Å². The van der Waals surface area contributed by atoms with Gasteiger partial charge in [-0.25, -0.2) is 4.79 Å². The molecular weight excluding hydrogens is 300 g/mol. The number of esters is 1. The summed E-state index contributed by atoms with van der Waals surface area (Å²) in [6.07, 6.45) is -0.572. The Morgan fingerprint density at radius 2 is 1.50 bits per heavy atom. The first-order valence-corrected chi connectivity index (χ1v) is 8.39. The molecule has 1 aliphatic rings. The summed E-state index contributed by atoms with van der Waals surface area (Å²) in [7, 11) is 0. The fraction of sp³-hybridized carbons (Fsp3) is 0.381. The summed E-state index contributed by atoms with van der Waals surface area (Å²) >= 11 is 0. The average Bonchev–Trinajstić information content (AvgIpc) is 2.85. The summed E-state index contributed by atoms with van der Waals surface area (Å²) in [5.41, 5.74) is 4.53. The van der Waals surface area contributed by atoms with Gasteiger partial charge in [0.15, 0.2) is 6.10 Å². The first-order chi connectivity index (χ1) is 11.4. The van der Waals surface area contributed by atoms with Crippen LogP contribution in [0, 0.1) is 0 Å². The number of benzene rings is 2. The number of ether oxygens (including phenoxy) is 2. The molecule has 3 nitrogen and oxygen atoms in total. The van der Waals surface area contributed by atoms with Crippen LogP contribution in [0.25, 0.3) is 11.1 Å². The first-order valence-electron chi connectivity index (χ1n) is 8.39. The zero-order valence-corrected chi connectivity index (χ0v) is 14.7. The van der Waals surface area contributed by atoms with E-state index in [1.54, 1.807) is 6.92 Å². The maximum Gasteiger partial charge on any atom is 0.335 e. The third-order valence-electron chi connectivity index (χ3n) is 4.22. The van der Waals surface area contributed by atoms with Crippen molar-refractivity contribution in [2.24, 2.45) is 0 Å². The molecule has 0 heterocycles. The molecule has 0 radical (unpaired) electrons. The Labute approximate surface area is 143 Å². The second-order valence-electron chi connectivity index (χ2n) is 7.23. The van der Waals surface area contributed by atoms with Crippen molar-refractivity contribution in [1.29, 1.82) is 0 Å². The van der Waals surface area contributed by atoms with Crippen molar-refractivity contribution in [3.63, 3.8) is 0 Å². The van der Waals surface area contributed by atoms with Crippen molar-refractivity contribution in [2.75, 3.05) is 6.61 Å². The molecule has 24 heavy (non-hydrogen) atoms. The van der Waals surface area contributed by atoms with E-state index in [2.05, 4.69) is 24.3 Å². The Morgan fingerprint density at radius 3 is 2.00 bits per heavy atom. The molecule has 0 fully saturated rings. The molecule has 3 rings (SSSR count). The highest BCUT2D eigenvalue weighted by Crippen LogP contribution is 2.44. The SMILES string of the molecule is CC(OC(C)(C)C)C(=O)OCC1c2ccccc2-c2ccccc21. The smallest absolute Gasteiger partial charge is 0.335 e. The Morgan fingerprint density at radius 1 is 1.00 bits per heavy atom. The highest BCUT2D eigenvalue weighted by Gasteiger charge is 2.30. The van der Waals surface area contributed by atoms with Crippen LogP contribution in [0.4, 0.5) is 0 Å². The zero-order valence-electron chi connectivity index (χ0n) is 14.7. The van der Waals surface area contributed by atoms with Crippen LogP contribution in [-0.2, 0) is 14.3 Å². The summed E-state index contributed by atoms with van der Waals surface area (Å²) in [6.45, 7) is 7.87. The summed E-state index contributed by atoms with van der Waals surface area (Å²) in [6, 6.07) is 16.6. The fourth-order valence-electron chi connectivity index (χ4n) is 3.30. The summed E-state index contributed by atoms with van der Waals surface area (Å²) in [4.78, 5) is 12.3. The van der Waals surface area contributed by atoms with E-state index >= 15 is 0 Å². The first kappa shape index (κ1) is 16.7. The van der Waals surface area contributed by atoms with E-state index in [0.29, 0.717) is 6.61 Å². The van der Waals surface area contributed by atoms with Crippen LogP contribution < -0.4 is 0 Å². The van der Waals surface area contributed by atoms with Crippen molar-refractivity contribution < 1.29 is 14.3 Å². The third-order valence-corrected chi connectivity index (χ3v) is 4.22. The van der Waals surface area contributed by atoms with Crippen molar-refractivity contribution in [3.8, 4) is 11.1 Å². The van der Waals surface area contributed by atoms with Crippen molar-refractivity contribution in [3.05, 3.63) is 59.7 Å². The lowest BCUT2D eigenvalue weighted by molar-refractivity contribution is -0.164. The number of hydrogen-bond donors (Lipinski definition) is 0. The minimum absolute atomic E-state index is 0.0863. The van der Waals surface area contributed by atoms with E-state index in [4.69, 9.17) is 9.47 Å². The van der Waals surface area contributed by atoms with Gasteiger partial charge in [0.05, 0.1) is 5.60 Å². The molecule has 0 saturated heterocycles. The molecule has 1 atom stereocenters. The van der Waals surface area contributed by atoms with Crippen LogP contribution in [0.5, 0.6) is 0 Å². The minimum atomic E-state index is -0.572. The molecule has 2 aromatic carbocycles. The normalized spacial score (nSPS) is 14.8. The molecule has 0 bridgehead atoms. The predicted molar refractivity (Wildman–Crippen MR) is 95.0 cm³/mol. The Balaban J connectivity index is 1.75. The van der Waals surface area contributed by atoms with Crippen molar-refractivity contribution >= 4 is 5.97 Å². The van der Waals surface area contributed by atoms with Crippen LogP contribution in [-0.4, -0.2) is 24.3 Å². The number of fused-ring (bicyclic) bond motifs is 3. The van der Waals surface area contributed by atoms with E-state index in [-0.39, 0.29) is 17.5 Å². The van der Waals surface area contributed by atoms with Crippen LogP contribution in [0.3, 0.4) is 0 Å². The third kappa shape index (κ3) is 3.36. The van der Waals surface area contributed by atoms with E-state index in [0.717, 1.165) is 0 Å². The van der Waals surface area contributed by atoms with Gasteiger partial charge < -0.3 is 9.47 Å². The van der Waals surface area contributed by atoms with Gasteiger partial charge in [0.2, 0.25) is 0 Å². The summed E-state index contributed by atoms with van der Waals surface area (Å²) < 4.78 is 11.3. The van der Waals surface area contributed by atoms with Gasteiger partial charge in [-0.3, -0.25) is 0 Å². The van der Waals surface area contributed by atoms with Gasteiger partial charge in [-0.2, -0.15) is 0 Å². The maximum absolute atomic E-state index is 12.3. The van der Waals surface area contributed by atoms with Gasteiger partial charge in [0.1, 0.15) is 6.61 Å². The van der Waals surface area contributed by atoms with Gasteiger partial charge in [0, 0.05) is 5.92 Å². The minimum Gasteiger partial charge on any atom is -0.463 e. The van der Waals surface area contributed by atoms with Crippen molar-refractivity contribution in [2.45, 2.75) is 45.3 Å². The highest BCUT2D eigenvalue weighted by atomic mass is 16.6. The largest absolute Gasteiger partial charge is 0.463 e. The molecule has 0 N–H and O–H groups in total. The molecular formula is C21H24O3. The Hall–Kier alpha value is -2.13. The maximum atomic E-state index is 12.3. The topological polar surface area (TPSA) is 35.5 Å². The number of carbonyl (C=O) groups is 1. The Bertz CT molecular complexity index is 697. The lowest BCUT2D eigenvalue weighted by atomic mass is 9.98. The highest BCUT2D eigenvalue weighted by molar-refractivity contribution is 5.79. The lowest BCUT2D eigenvalue weighted by Crippen LogP contribution is -2.33. The molecule has 2 aromatic rings. The molecule has 0 amide bonds. The van der Waals surface area contributed by atoms with Gasteiger partial charge in [-0.05, 0) is 49.9 Å². The predicted octanol–water partition coefficient (Wildman–Crippen LogP) is 4.55. The molecule has 1 aliphatic carbocycles. The molecule has 0 spiro atoms. The molecule has 0 aromatic heterocycles. The molecule has 1 unspecified atom stereocenters. The van der Waals surface area contributed by atoms with Gasteiger partial charge in [-0.15, -0.1) is 0 Å². The fourth-order valence-corrected chi connectivity index (χ4v) is 3.30. The van der Waals surface area contributed by atoms with Crippen LogP contribution in [0.15, 0.2) is 48.5 Å². The van der Waals surface area contributed by atoms with Crippen LogP contribution >= 0.6 is 0 Å². The molecule has 126 valence electrons. The standard InChI is InChI=1S/C21H24O3/c1-14(24-21(2,3)4)20(22)23-13-19-17-11-7-5-9-15(17)16-10-6-8-12-18(16)19/h5-12,14,19H,13H2,1-4H3. The monoisotopic (exact) mass is 324 g/mol. The lowest BCUT2D eigenvalue weighted by Gasteiger charge is -2.24. The Kier molecular flexibility index (Phi) is 4.46. The van der Waals surface area contributed by atoms with E-state index in [9.17, 15) is 4.79 Å².